The average molecular weight is 475 g/mol. The van der Waals surface area contributed by atoms with Crippen molar-refractivity contribution < 1.29 is 29.0 Å². The fourth-order valence-electron chi connectivity index (χ4n) is 3.18. The summed E-state index contributed by atoms with van der Waals surface area (Å²) in [6.07, 6.45) is -1.21. The number of hydrogen-bond acceptors (Lipinski definition) is 6. The first-order chi connectivity index (χ1) is 16.9. The number of urea groups is 1. The topological polar surface area (TPSA) is 155 Å². The van der Waals surface area contributed by atoms with E-state index in [2.05, 4.69) is 25.9 Å². The van der Waals surface area contributed by atoms with Gasteiger partial charge in [0.2, 0.25) is 5.95 Å². The molecule has 0 bridgehead atoms. The van der Waals surface area contributed by atoms with Gasteiger partial charge in [0, 0.05) is 17.4 Å². The first kappa shape index (κ1) is 23.1. The number of nitrogens with one attached hydrogen (secondary N) is 4. The maximum Gasteiger partial charge on any atom is 0.411 e. The summed E-state index contributed by atoms with van der Waals surface area (Å²) in [6, 6.07) is 17.8. The number of hydrogen-bond donors (Lipinski definition) is 5. The lowest BCUT2D eigenvalue weighted by molar-refractivity contribution is 0.0526. The third-order valence-corrected chi connectivity index (χ3v) is 4.66. The Kier molecular flexibility index (Phi) is 6.77. The number of fused-ring (bicyclic) bond motifs is 1. The maximum atomic E-state index is 12.3. The molecule has 1 aromatic heterocycles. The van der Waals surface area contributed by atoms with Gasteiger partial charge in [-0.15, -0.1) is 0 Å². The van der Waals surface area contributed by atoms with Gasteiger partial charge in [0.1, 0.15) is 11.5 Å². The van der Waals surface area contributed by atoms with E-state index >= 15 is 0 Å². The summed E-state index contributed by atoms with van der Waals surface area (Å²) in [5, 5.41) is 16.3. The van der Waals surface area contributed by atoms with E-state index in [1.165, 1.54) is 6.07 Å². The number of rotatable bonds is 7. The number of aromatic amines is 1. The molecule has 178 valence electrons. The zero-order chi connectivity index (χ0) is 24.8. The fraction of sp³-hybridized carbons (Fsp3) is 0.0833. The van der Waals surface area contributed by atoms with E-state index in [0.29, 0.717) is 39.5 Å². The lowest BCUT2D eigenvalue weighted by Crippen LogP contribution is -2.19. The first-order valence-electron chi connectivity index (χ1n) is 10.5. The highest BCUT2D eigenvalue weighted by atomic mass is 16.5. The van der Waals surface area contributed by atoms with Crippen molar-refractivity contribution in [2.24, 2.45) is 0 Å². The number of carbonyl (C=O) groups is 3. The van der Waals surface area contributed by atoms with Crippen molar-refractivity contribution in [3.8, 4) is 11.5 Å². The first-order valence-corrected chi connectivity index (χ1v) is 10.5. The number of benzene rings is 3. The second-order valence-corrected chi connectivity index (χ2v) is 7.20. The van der Waals surface area contributed by atoms with Crippen molar-refractivity contribution in [1.29, 1.82) is 0 Å². The summed E-state index contributed by atoms with van der Waals surface area (Å²) in [6.45, 7) is 1.98. The van der Waals surface area contributed by atoms with Gasteiger partial charge < -0.3 is 30.2 Å². The highest BCUT2D eigenvalue weighted by Crippen LogP contribution is 2.26. The number of esters is 1. The summed E-state index contributed by atoms with van der Waals surface area (Å²) in [4.78, 5) is 41.9. The fourth-order valence-corrected chi connectivity index (χ4v) is 3.18. The van der Waals surface area contributed by atoms with Gasteiger partial charge in [0.05, 0.1) is 23.2 Å². The maximum absolute atomic E-state index is 12.3. The summed E-state index contributed by atoms with van der Waals surface area (Å²) in [5.41, 5.74) is 2.51. The Balaban J connectivity index is 1.36. The second kappa shape index (κ2) is 10.3. The molecule has 0 aliphatic carbocycles. The Bertz CT molecular complexity index is 1380. The molecule has 35 heavy (non-hydrogen) atoms. The Labute approximate surface area is 199 Å². The molecule has 4 aromatic rings. The number of H-pyrrole nitrogens is 1. The van der Waals surface area contributed by atoms with Gasteiger partial charge in [0.15, 0.2) is 0 Å². The lowest BCUT2D eigenvalue weighted by atomic mass is 10.2. The standard InChI is InChI=1S/C24H21N5O6/c1-2-34-21(30)14-4-3-5-16(12-14)26-23(31)25-15-6-8-17(9-7-15)35-18-10-11-19-20(13-18)28-22(27-19)29-24(32)33/h3-13H,2H2,1H3,(H,32,33)(H2,25,26,31)(H2,27,28,29). The van der Waals surface area contributed by atoms with Crippen LogP contribution in [0.4, 0.5) is 26.9 Å². The van der Waals surface area contributed by atoms with Crippen molar-refractivity contribution in [2.45, 2.75) is 6.92 Å². The Hall–Kier alpha value is -5.06. The quantitative estimate of drug-likeness (QED) is 0.228. The van der Waals surface area contributed by atoms with E-state index in [4.69, 9.17) is 14.6 Å². The number of imidazole rings is 1. The molecule has 0 saturated carbocycles. The zero-order valence-corrected chi connectivity index (χ0v) is 18.5. The van der Waals surface area contributed by atoms with Crippen molar-refractivity contribution in [2.75, 3.05) is 22.6 Å². The number of anilines is 3. The van der Waals surface area contributed by atoms with Crippen molar-refractivity contribution in [1.82, 2.24) is 9.97 Å². The molecule has 11 heteroatoms. The molecule has 11 nitrogen and oxygen atoms in total. The predicted octanol–water partition coefficient (Wildman–Crippen LogP) is 5.27. The summed E-state index contributed by atoms with van der Waals surface area (Å²) >= 11 is 0. The van der Waals surface area contributed by atoms with E-state index in [1.807, 2.05) is 0 Å². The molecule has 0 aliphatic rings. The molecule has 0 fully saturated rings. The second-order valence-electron chi connectivity index (χ2n) is 7.20. The van der Waals surface area contributed by atoms with Crippen LogP contribution in [0.15, 0.2) is 66.7 Å². The summed E-state index contributed by atoms with van der Waals surface area (Å²) in [7, 11) is 0. The van der Waals surface area contributed by atoms with Crippen molar-refractivity contribution in [3.63, 3.8) is 0 Å². The Morgan fingerprint density at radius 1 is 0.914 bits per heavy atom. The van der Waals surface area contributed by atoms with E-state index in [9.17, 15) is 14.4 Å². The molecule has 0 spiro atoms. The van der Waals surface area contributed by atoms with Gasteiger partial charge in [-0.3, -0.25) is 5.32 Å². The Morgan fingerprint density at radius 2 is 1.66 bits per heavy atom. The van der Waals surface area contributed by atoms with E-state index in [0.717, 1.165) is 0 Å². The van der Waals surface area contributed by atoms with Crippen LogP contribution in [-0.2, 0) is 4.74 Å². The lowest BCUT2D eigenvalue weighted by Gasteiger charge is -2.10. The molecular formula is C24H21N5O6. The van der Waals surface area contributed by atoms with Crippen molar-refractivity contribution >= 4 is 46.5 Å². The van der Waals surface area contributed by atoms with Gasteiger partial charge in [-0.25, -0.2) is 19.4 Å². The van der Waals surface area contributed by atoms with Gasteiger partial charge in [-0.2, -0.15) is 0 Å². The summed E-state index contributed by atoms with van der Waals surface area (Å²) < 4.78 is 10.8. The monoisotopic (exact) mass is 475 g/mol. The van der Waals surface area contributed by atoms with Crippen LogP contribution in [0, 0.1) is 0 Å². The number of nitrogens with zero attached hydrogens (tertiary/aromatic N) is 1. The largest absolute Gasteiger partial charge is 0.465 e. The van der Waals surface area contributed by atoms with Crippen LogP contribution >= 0.6 is 0 Å². The third kappa shape index (κ3) is 6.05. The van der Waals surface area contributed by atoms with Gasteiger partial charge in [-0.05, 0) is 61.5 Å². The number of aromatic nitrogens is 2. The highest BCUT2D eigenvalue weighted by Gasteiger charge is 2.10. The summed E-state index contributed by atoms with van der Waals surface area (Å²) in [5.74, 6) is 0.685. The molecule has 0 saturated heterocycles. The minimum atomic E-state index is -1.21. The molecule has 0 unspecified atom stereocenters. The van der Waals surface area contributed by atoms with E-state index in [1.54, 1.807) is 67.6 Å². The third-order valence-electron chi connectivity index (χ3n) is 4.66. The minimum Gasteiger partial charge on any atom is -0.465 e. The van der Waals surface area contributed by atoms with Crippen LogP contribution < -0.4 is 20.7 Å². The van der Waals surface area contributed by atoms with Crippen molar-refractivity contribution in [3.05, 3.63) is 72.3 Å². The molecular weight excluding hydrogens is 454 g/mol. The predicted molar refractivity (Wildman–Crippen MR) is 129 cm³/mol. The smallest absolute Gasteiger partial charge is 0.411 e. The van der Waals surface area contributed by atoms with Crippen LogP contribution in [0.1, 0.15) is 17.3 Å². The minimum absolute atomic E-state index is 0.117. The van der Waals surface area contributed by atoms with Crippen LogP contribution in [0.5, 0.6) is 11.5 Å². The van der Waals surface area contributed by atoms with Gasteiger partial charge >= 0.3 is 18.1 Å². The number of carbonyl (C=O) groups excluding carboxylic acids is 2. The zero-order valence-electron chi connectivity index (χ0n) is 18.5. The van der Waals surface area contributed by atoms with Gasteiger partial charge in [0.25, 0.3) is 0 Å². The molecule has 0 aliphatic heterocycles. The molecule has 5 N–H and O–H groups in total. The number of amides is 3. The molecule has 3 aromatic carbocycles. The average Bonchev–Trinajstić information content (AvgIpc) is 3.21. The number of carboxylic acid groups (broad SMARTS) is 1. The van der Waals surface area contributed by atoms with Crippen LogP contribution in [-0.4, -0.2) is 39.8 Å². The Morgan fingerprint density at radius 3 is 2.40 bits per heavy atom. The molecule has 4 rings (SSSR count). The SMILES string of the molecule is CCOC(=O)c1cccc(NC(=O)Nc2ccc(Oc3ccc4[nH]c(NC(=O)O)nc4c3)cc2)c1. The van der Waals surface area contributed by atoms with E-state index in [-0.39, 0.29) is 12.6 Å². The van der Waals surface area contributed by atoms with Crippen LogP contribution in [0.25, 0.3) is 11.0 Å². The molecule has 1 heterocycles. The van der Waals surface area contributed by atoms with E-state index < -0.39 is 18.1 Å². The van der Waals surface area contributed by atoms with Gasteiger partial charge in [-0.1, -0.05) is 6.07 Å². The van der Waals surface area contributed by atoms with Crippen LogP contribution in [0.2, 0.25) is 0 Å². The molecule has 0 atom stereocenters. The molecule has 3 amide bonds. The van der Waals surface area contributed by atoms with Crippen LogP contribution in [0.3, 0.4) is 0 Å². The number of ether oxygens (including phenoxy) is 2. The highest BCUT2D eigenvalue weighted by molar-refractivity contribution is 6.00. The molecule has 0 radical (unpaired) electrons. The normalized spacial score (nSPS) is 10.4.